The third-order valence-electron chi connectivity index (χ3n) is 3.11. The van der Waals surface area contributed by atoms with Crippen molar-refractivity contribution >= 4 is 22.4 Å². The molecule has 0 atom stereocenters. The van der Waals surface area contributed by atoms with Crippen LogP contribution in [0.4, 0.5) is 5.13 Å². The monoisotopic (exact) mass is 270 g/mol. The Morgan fingerprint density at radius 2 is 2.33 bits per heavy atom. The van der Waals surface area contributed by atoms with Crippen molar-refractivity contribution in [3.05, 3.63) is 11.1 Å². The van der Waals surface area contributed by atoms with Gasteiger partial charge < -0.3 is 14.8 Å². The summed E-state index contributed by atoms with van der Waals surface area (Å²) >= 11 is 1.52. The minimum atomic E-state index is -0.260. The van der Waals surface area contributed by atoms with Crippen LogP contribution < -0.4 is 5.32 Å². The number of ether oxygens (including phenoxy) is 2. The first-order valence-electron chi connectivity index (χ1n) is 5.98. The summed E-state index contributed by atoms with van der Waals surface area (Å²) in [5.41, 5.74) is 0.795. The van der Waals surface area contributed by atoms with Gasteiger partial charge in [-0.15, -0.1) is 11.3 Å². The first kappa shape index (κ1) is 13.3. The van der Waals surface area contributed by atoms with E-state index in [0.717, 1.165) is 36.9 Å². The van der Waals surface area contributed by atoms with Gasteiger partial charge in [-0.25, -0.2) is 4.98 Å². The number of esters is 1. The molecule has 0 aromatic carbocycles. The molecular weight excluding hydrogens is 252 g/mol. The van der Waals surface area contributed by atoms with E-state index in [2.05, 4.69) is 22.0 Å². The lowest BCUT2D eigenvalue weighted by Gasteiger charge is -2.34. The van der Waals surface area contributed by atoms with Crippen LogP contribution in [0.1, 0.15) is 25.5 Å². The van der Waals surface area contributed by atoms with Crippen molar-refractivity contribution in [2.24, 2.45) is 0 Å². The normalized spacial score (nSPS) is 18.3. The molecule has 1 fully saturated rings. The molecule has 0 bridgehead atoms. The van der Waals surface area contributed by atoms with Gasteiger partial charge in [0, 0.05) is 24.1 Å². The summed E-state index contributed by atoms with van der Waals surface area (Å²) < 4.78 is 9.98. The van der Waals surface area contributed by atoms with E-state index in [4.69, 9.17) is 4.74 Å². The Kier molecular flexibility index (Phi) is 4.19. The van der Waals surface area contributed by atoms with Crippen LogP contribution in [0.2, 0.25) is 0 Å². The number of thiazole rings is 1. The Bertz CT molecular complexity index is 413. The lowest BCUT2D eigenvalue weighted by molar-refractivity contribution is -0.139. The van der Waals surface area contributed by atoms with Gasteiger partial charge in [-0.05, 0) is 19.8 Å². The van der Waals surface area contributed by atoms with E-state index < -0.39 is 0 Å². The molecule has 0 saturated carbocycles. The number of hydrogen-bond acceptors (Lipinski definition) is 6. The van der Waals surface area contributed by atoms with Crippen LogP contribution in [-0.4, -0.2) is 36.8 Å². The smallest absolute Gasteiger partial charge is 0.311 e. The molecule has 1 aliphatic heterocycles. The van der Waals surface area contributed by atoms with Crippen molar-refractivity contribution in [1.29, 1.82) is 0 Å². The molecule has 1 aromatic heterocycles. The highest BCUT2D eigenvalue weighted by Gasteiger charge is 2.27. The first-order valence-corrected chi connectivity index (χ1v) is 6.86. The number of nitrogens with one attached hydrogen (secondary N) is 1. The molecule has 0 amide bonds. The van der Waals surface area contributed by atoms with Gasteiger partial charge in [0.25, 0.3) is 0 Å². The van der Waals surface area contributed by atoms with Gasteiger partial charge in [0.1, 0.15) is 0 Å². The first-order chi connectivity index (χ1) is 8.61. The second-order valence-electron chi connectivity index (χ2n) is 4.69. The highest BCUT2D eigenvalue weighted by molar-refractivity contribution is 7.13. The van der Waals surface area contributed by atoms with Gasteiger partial charge in [-0.3, -0.25) is 4.79 Å². The third kappa shape index (κ3) is 3.43. The predicted octanol–water partition coefficient (Wildman–Crippen LogP) is 1.84. The zero-order chi connectivity index (χ0) is 13.0. The fraction of sp³-hybridized carbons (Fsp3) is 0.667. The molecule has 6 heteroatoms. The molecule has 1 N–H and O–H groups in total. The summed E-state index contributed by atoms with van der Waals surface area (Å²) in [6.45, 7) is 3.74. The number of carbonyl (C=O) groups is 1. The van der Waals surface area contributed by atoms with Gasteiger partial charge in [0.2, 0.25) is 0 Å². The van der Waals surface area contributed by atoms with Crippen LogP contribution in [0, 0.1) is 0 Å². The highest BCUT2D eigenvalue weighted by atomic mass is 32.1. The maximum absolute atomic E-state index is 11.1. The van der Waals surface area contributed by atoms with Crippen LogP contribution in [0.25, 0.3) is 0 Å². The van der Waals surface area contributed by atoms with Crippen molar-refractivity contribution in [3.8, 4) is 0 Å². The molecule has 0 spiro atoms. The van der Waals surface area contributed by atoms with Crippen molar-refractivity contribution in [2.45, 2.75) is 31.7 Å². The molecular formula is C12H18N2O3S. The number of aromatic nitrogens is 1. The highest BCUT2D eigenvalue weighted by Crippen LogP contribution is 2.27. The molecule has 2 rings (SSSR count). The van der Waals surface area contributed by atoms with Crippen molar-refractivity contribution in [2.75, 3.05) is 25.6 Å². The maximum atomic E-state index is 11.1. The number of methoxy groups -OCH3 is 1. The van der Waals surface area contributed by atoms with E-state index in [1.54, 1.807) is 0 Å². The Labute approximate surface area is 111 Å². The molecule has 0 radical (unpaired) electrons. The van der Waals surface area contributed by atoms with Crippen molar-refractivity contribution in [3.63, 3.8) is 0 Å². The molecule has 5 nitrogen and oxygen atoms in total. The Morgan fingerprint density at radius 1 is 1.61 bits per heavy atom. The maximum Gasteiger partial charge on any atom is 0.311 e. The van der Waals surface area contributed by atoms with Gasteiger partial charge in [0.15, 0.2) is 5.13 Å². The van der Waals surface area contributed by atoms with Crippen molar-refractivity contribution < 1.29 is 14.3 Å². The lowest BCUT2D eigenvalue weighted by Crippen LogP contribution is -2.40. The standard InChI is InChI=1S/C12H18N2O3S/c1-12(3-5-17-6-4-12)14-11-13-9(8-18-11)7-10(15)16-2/h8H,3-7H2,1-2H3,(H,13,14). The number of rotatable bonds is 4. The summed E-state index contributed by atoms with van der Waals surface area (Å²) in [6.07, 6.45) is 2.17. The van der Waals surface area contributed by atoms with E-state index >= 15 is 0 Å². The van der Waals surface area contributed by atoms with Crippen LogP contribution in [-0.2, 0) is 20.7 Å². The fourth-order valence-electron chi connectivity index (χ4n) is 1.87. The SMILES string of the molecule is COC(=O)Cc1csc(NC2(C)CCOCC2)n1. The van der Waals surface area contributed by atoms with E-state index in [0.29, 0.717) is 0 Å². The zero-order valence-corrected chi connectivity index (χ0v) is 11.5. The molecule has 2 heterocycles. The fourth-order valence-corrected chi connectivity index (χ4v) is 2.73. The Morgan fingerprint density at radius 3 is 3.00 bits per heavy atom. The molecule has 0 unspecified atom stereocenters. The second-order valence-corrected chi connectivity index (χ2v) is 5.55. The summed E-state index contributed by atoms with van der Waals surface area (Å²) in [4.78, 5) is 15.6. The average Bonchev–Trinajstić information content (AvgIpc) is 2.76. The summed E-state index contributed by atoms with van der Waals surface area (Å²) in [6, 6.07) is 0. The van der Waals surface area contributed by atoms with Crippen LogP contribution in [0.3, 0.4) is 0 Å². The zero-order valence-electron chi connectivity index (χ0n) is 10.7. The quantitative estimate of drug-likeness (QED) is 0.846. The van der Waals surface area contributed by atoms with Crippen molar-refractivity contribution in [1.82, 2.24) is 4.98 Å². The topological polar surface area (TPSA) is 60.5 Å². The van der Waals surface area contributed by atoms with Crippen LogP contribution >= 0.6 is 11.3 Å². The lowest BCUT2D eigenvalue weighted by atomic mass is 9.93. The Hall–Kier alpha value is -1.14. The third-order valence-corrected chi connectivity index (χ3v) is 3.92. The number of carbonyl (C=O) groups excluding carboxylic acids is 1. The van der Waals surface area contributed by atoms with Gasteiger partial charge in [-0.2, -0.15) is 0 Å². The van der Waals surface area contributed by atoms with Gasteiger partial charge in [-0.1, -0.05) is 0 Å². The van der Waals surface area contributed by atoms with E-state index in [9.17, 15) is 4.79 Å². The summed E-state index contributed by atoms with van der Waals surface area (Å²) in [5, 5.41) is 6.19. The number of anilines is 1. The second kappa shape index (κ2) is 5.67. The van der Waals surface area contributed by atoms with E-state index in [-0.39, 0.29) is 17.9 Å². The van der Waals surface area contributed by atoms with Crippen LogP contribution in [0.15, 0.2) is 5.38 Å². The largest absolute Gasteiger partial charge is 0.469 e. The van der Waals surface area contributed by atoms with Crippen LogP contribution in [0.5, 0.6) is 0 Å². The number of hydrogen-bond donors (Lipinski definition) is 1. The minimum absolute atomic E-state index is 0.0403. The predicted molar refractivity (Wildman–Crippen MR) is 69.9 cm³/mol. The molecule has 100 valence electrons. The summed E-state index contributed by atoms with van der Waals surface area (Å²) in [5.74, 6) is -0.260. The molecule has 0 aliphatic carbocycles. The minimum Gasteiger partial charge on any atom is -0.469 e. The molecule has 1 aliphatic rings. The van der Waals surface area contributed by atoms with Gasteiger partial charge in [0.05, 0.1) is 19.2 Å². The van der Waals surface area contributed by atoms with E-state index in [1.165, 1.54) is 18.4 Å². The average molecular weight is 270 g/mol. The van der Waals surface area contributed by atoms with Gasteiger partial charge >= 0.3 is 5.97 Å². The molecule has 1 saturated heterocycles. The van der Waals surface area contributed by atoms with E-state index in [1.807, 2.05) is 5.38 Å². The summed E-state index contributed by atoms with van der Waals surface area (Å²) in [7, 11) is 1.39. The Balaban J connectivity index is 1.95. The molecule has 18 heavy (non-hydrogen) atoms. The molecule has 1 aromatic rings. The number of nitrogens with zero attached hydrogens (tertiary/aromatic N) is 1.